The predicted molar refractivity (Wildman–Crippen MR) is 95.6 cm³/mol. The summed E-state index contributed by atoms with van der Waals surface area (Å²) >= 11 is 0. The van der Waals surface area contributed by atoms with Gasteiger partial charge in [-0.05, 0) is 56.0 Å². The van der Waals surface area contributed by atoms with Gasteiger partial charge < -0.3 is 10.1 Å². The quantitative estimate of drug-likeness (QED) is 0.643. The molecule has 0 radical (unpaired) electrons. The molecule has 130 valence electrons. The second-order valence-corrected chi connectivity index (χ2v) is 6.24. The molecule has 1 fully saturated rings. The van der Waals surface area contributed by atoms with Crippen molar-refractivity contribution < 1.29 is 14.3 Å². The van der Waals surface area contributed by atoms with Gasteiger partial charge >= 0.3 is 5.97 Å². The molecule has 1 amide bonds. The maximum Gasteiger partial charge on any atom is 0.330 e. The fraction of sp³-hybridized carbons (Fsp3) is 0.474. The van der Waals surface area contributed by atoms with Crippen LogP contribution in [-0.2, 0) is 14.3 Å². The van der Waals surface area contributed by atoms with Gasteiger partial charge in [0, 0.05) is 18.3 Å². The van der Waals surface area contributed by atoms with Gasteiger partial charge in [0.2, 0.25) is 5.91 Å². The van der Waals surface area contributed by atoms with Gasteiger partial charge in [-0.3, -0.25) is 9.69 Å². The van der Waals surface area contributed by atoms with E-state index in [1.165, 1.54) is 12.5 Å². The van der Waals surface area contributed by atoms with Crippen LogP contribution in [0, 0.1) is 5.92 Å². The lowest BCUT2D eigenvalue weighted by Gasteiger charge is -2.30. The summed E-state index contributed by atoms with van der Waals surface area (Å²) < 4.78 is 4.83. The third kappa shape index (κ3) is 6.16. The summed E-state index contributed by atoms with van der Waals surface area (Å²) in [6.07, 6.45) is 5.50. The minimum Gasteiger partial charge on any atom is -0.463 e. The molecule has 1 saturated heterocycles. The largest absolute Gasteiger partial charge is 0.463 e. The number of likely N-dealkylation sites (tertiary alicyclic amines) is 1. The van der Waals surface area contributed by atoms with Crippen LogP contribution in [0.3, 0.4) is 0 Å². The van der Waals surface area contributed by atoms with Gasteiger partial charge in [0.25, 0.3) is 0 Å². The molecule has 5 nitrogen and oxygen atoms in total. The van der Waals surface area contributed by atoms with Crippen LogP contribution in [0.15, 0.2) is 30.3 Å². The zero-order valence-electron chi connectivity index (χ0n) is 14.5. The van der Waals surface area contributed by atoms with Crippen LogP contribution in [0.2, 0.25) is 0 Å². The molecule has 0 aliphatic carbocycles. The Hall–Kier alpha value is -2.14. The Morgan fingerprint density at radius 2 is 2.08 bits per heavy atom. The van der Waals surface area contributed by atoms with Crippen molar-refractivity contribution in [1.82, 2.24) is 4.90 Å². The molecule has 1 aliphatic heterocycles. The van der Waals surface area contributed by atoms with E-state index in [-0.39, 0.29) is 11.9 Å². The Morgan fingerprint density at radius 1 is 1.33 bits per heavy atom. The van der Waals surface area contributed by atoms with E-state index in [1.807, 2.05) is 24.3 Å². The van der Waals surface area contributed by atoms with Crippen molar-refractivity contribution in [3.8, 4) is 0 Å². The van der Waals surface area contributed by atoms with Gasteiger partial charge in [-0.15, -0.1) is 0 Å². The highest BCUT2D eigenvalue weighted by Crippen LogP contribution is 2.15. The number of hydrogen-bond donors (Lipinski definition) is 1. The summed E-state index contributed by atoms with van der Waals surface area (Å²) in [5.74, 6) is 0.321. The molecule has 1 aromatic carbocycles. The average molecular weight is 330 g/mol. The summed E-state index contributed by atoms with van der Waals surface area (Å²) in [7, 11) is 0. The number of nitrogens with one attached hydrogen (secondary N) is 1. The van der Waals surface area contributed by atoms with E-state index in [0.717, 1.165) is 30.8 Å². The van der Waals surface area contributed by atoms with E-state index in [1.54, 1.807) is 13.0 Å². The SMILES string of the molecule is CCOC(=O)/C=C/c1ccc(NC(=O)CN2CCCC(C)C2)cc1. The molecule has 1 unspecified atom stereocenters. The lowest BCUT2D eigenvalue weighted by atomic mass is 10.0. The monoisotopic (exact) mass is 330 g/mol. The van der Waals surface area contributed by atoms with Crippen LogP contribution in [0.4, 0.5) is 5.69 Å². The molecule has 0 saturated carbocycles. The minimum atomic E-state index is -0.356. The normalized spacial score (nSPS) is 18.5. The third-order valence-electron chi connectivity index (χ3n) is 4.00. The molecule has 0 spiro atoms. The predicted octanol–water partition coefficient (Wildman–Crippen LogP) is 2.93. The third-order valence-corrected chi connectivity index (χ3v) is 4.00. The summed E-state index contributed by atoms with van der Waals surface area (Å²) in [5, 5.41) is 2.92. The van der Waals surface area contributed by atoms with Gasteiger partial charge in [0.1, 0.15) is 0 Å². The highest BCUT2D eigenvalue weighted by molar-refractivity contribution is 5.92. The van der Waals surface area contributed by atoms with E-state index >= 15 is 0 Å². The van der Waals surface area contributed by atoms with Crippen molar-refractivity contribution >= 4 is 23.6 Å². The first kappa shape index (κ1) is 18.2. The molecule has 1 aliphatic rings. The van der Waals surface area contributed by atoms with E-state index in [0.29, 0.717) is 19.1 Å². The number of piperidine rings is 1. The molecule has 0 aromatic heterocycles. The number of ether oxygens (including phenoxy) is 1. The lowest BCUT2D eigenvalue weighted by Crippen LogP contribution is -2.39. The molecule has 1 aromatic rings. The summed E-state index contributed by atoms with van der Waals surface area (Å²) in [6, 6.07) is 7.38. The first-order valence-corrected chi connectivity index (χ1v) is 8.54. The molecular weight excluding hydrogens is 304 g/mol. The summed E-state index contributed by atoms with van der Waals surface area (Å²) in [4.78, 5) is 25.6. The van der Waals surface area contributed by atoms with E-state index in [2.05, 4.69) is 17.1 Å². The van der Waals surface area contributed by atoms with E-state index in [4.69, 9.17) is 4.74 Å². The van der Waals surface area contributed by atoms with Crippen molar-refractivity contribution in [1.29, 1.82) is 0 Å². The molecular formula is C19H26N2O3. The molecule has 1 N–H and O–H groups in total. The molecule has 1 heterocycles. The molecule has 24 heavy (non-hydrogen) atoms. The molecule has 5 heteroatoms. The number of anilines is 1. The Balaban J connectivity index is 1.82. The first-order chi connectivity index (χ1) is 11.6. The smallest absolute Gasteiger partial charge is 0.330 e. The Morgan fingerprint density at radius 3 is 2.75 bits per heavy atom. The van der Waals surface area contributed by atoms with E-state index in [9.17, 15) is 9.59 Å². The topological polar surface area (TPSA) is 58.6 Å². The Bertz CT molecular complexity index is 581. The maximum absolute atomic E-state index is 12.1. The maximum atomic E-state index is 12.1. The highest BCUT2D eigenvalue weighted by Gasteiger charge is 2.18. The van der Waals surface area contributed by atoms with Gasteiger partial charge in [0.15, 0.2) is 0 Å². The van der Waals surface area contributed by atoms with Crippen molar-refractivity contribution in [2.45, 2.75) is 26.7 Å². The second kappa shape index (κ2) is 9.23. The van der Waals surface area contributed by atoms with Gasteiger partial charge in [-0.25, -0.2) is 4.79 Å². The molecule has 1 atom stereocenters. The van der Waals surface area contributed by atoms with Crippen molar-refractivity contribution in [3.63, 3.8) is 0 Å². The number of esters is 1. The lowest BCUT2D eigenvalue weighted by molar-refractivity contribution is -0.137. The zero-order valence-corrected chi connectivity index (χ0v) is 14.5. The van der Waals surface area contributed by atoms with Gasteiger partial charge in [0.05, 0.1) is 13.2 Å². The van der Waals surface area contributed by atoms with Crippen LogP contribution in [-0.4, -0.2) is 43.0 Å². The average Bonchev–Trinajstić information content (AvgIpc) is 2.54. The first-order valence-electron chi connectivity index (χ1n) is 8.54. The number of hydrogen-bond acceptors (Lipinski definition) is 4. The van der Waals surface area contributed by atoms with Crippen LogP contribution >= 0.6 is 0 Å². The van der Waals surface area contributed by atoms with E-state index < -0.39 is 0 Å². The number of amides is 1. The number of rotatable bonds is 6. The number of carbonyl (C=O) groups excluding carboxylic acids is 2. The highest BCUT2D eigenvalue weighted by atomic mass is 16.5. The second-order valence-electron chi connectivity index (χ2n) is 6.24. The molecule has 0 bridgehead atoms. The minimum absolute atomic E-state index is 0.0129. The molecule has 2 rings (SSSR count). The number of nitrogens with zero attached hydrogens (tertiary/aromatic N) is 1. The fourth-order valence-corrected chi connectivity index (χ4v) is 2.87. The summed E-state index contributed by atoms with van der Waals surface area (Å²) in [6.45, 7) is 6.79. The fourth-order valence-electron chi connectivity index (χ4n) is 2.87. The van der Waals surface area contributed by atoms with Crippen LogP contribution in [0.1, 0.15) is 32.3 Å². The summed E-state index contributed by atoms with van der Waals surface area (Å²) in [5.41, 5.74) is 1.64. The number of benzene rings is 1. The van der Waals surface area contributed by atoms with Crippen LogP contribution < -0.4 is 5.32 Å². The van der Waals surface area contributed by atoms with Crippen LogP contribution in [0.5, 0.6) is 0 Å². The Labute approximate surface area is 143 Å². The van der Waals surface area contributed by atoms with Crippen LogP contribution in [0.25, 0.3) is 6.08 Å². The van der Waals surface area contributed by atoms with Crippen molar-refractivity contribution in [3.05, 3.63) is 35.9 Å². The Kier molecular flexibility index (Phi) is 7.00. The van der Waals surface area contributed by atoms with Crippen molar-refractivity contribution in [2.24, 2.45) is 5.92 Å². The van der Waals surface area contributed by atoms with Gasteiger partial charge in [-0.2, -0.15) is 0 Å². The van der Waals surface area contributed by atoms with Crippen molar-refractivity contribution in [2.75, 3.05) is 31.6 Å². The van der Waals surface area contributed by atoms with Gasteiger partial charge in [-0.1, -0.05) is 19.1 Å². The standard InChI is InChI=1S/C19H26N2O3/c1-3-24-19(23)11-8-16-6-9-17(10-7-16)20-18(22)14-21-12-4-5-15(2)13-21/h6-11,15H,3-5,12-14H2,1-2H3,(H,20,22)/b11-8+. The number of carbonyl (C=O) groups is 2. The zero-order chi connectivity index (χ0) is 17.4.